The van der Waals surface area contributed by atoms with Crippen molar-refractivity contribution in [2.75, 3.05) is 11.4 Å². The van der Waals surface area contributed by atoms with E-state index in [-0.39, 0.29) is 36.6 Å². The van der Waals surface area contributed by atoms with Gasteiger partial charge in [0.25, 0.3) is 0 Å². The Balaban J connectivity index is 1.88. The lowest BCUT2D eigenvalue weighted by atomic mass is 9.73. The highest BCUT2D eigenvalue weighted by atomic mass is 19.4. The number of nitrogens with two attached hydrogens (primary N) is 2. The van der Waals surface area contributed by atoms with Crippen LogP contribution in [0.2, 0.25) is 0 Å². The van der Waals surface area contributed by atoms with Gasteiger partial charge in [-0.2, -0.15) is 18.3 Å². The van der Waals surface area contributed by atoms with Gasteiger partial charge in [0.15, 0.2) is 0 Å². The number of carbonyl (C=O) groups is 3. The summed E-state index contributed by atoms with van der Waals surface area (Å²) in [6.45, 7) is -0.0224. The number of rotatable bonds is 7. The molecule has 0 radical (unpaired) electrons. The Morgan fingerprint density at radius 3 is 2.61 bits per heavy atom. The molecule has 11 heteroatoms. The molecule has 31 heavy (non-hydrogen) atoms. The van der Waals surface area contributed by atoms with Crippen LogP contribution >= 0.6 is 0 Å². The van der Waals surface area contributed by atoms with E-state index in [2.05, 4.69) is 10.5 Å². The van der Waals surface area contributed by atoms with Crippen LogP contribution in [0.4, 0.5) is 18.9 Å². The first-order valence-corrected chi connectivity index (χ1v) is 9.59. The van der Waals surface area contributed by atoms with Gasteiger partial charge >= 0.3 is 6.18 Å². The first kappa shape index (κ1) is 22.3. The summed E-state index contributed by atoms with van der Waals surface area (Å²) >= 11 is 0. The van der Waals surface area contributed by atoms with E-state index in [0.29, 0.717) is 12.8 Å². The fraction of sp³-hybridized carbons (Fsp3) is 0.400. The van der Waals surface area contributed by atoms with Crippen molar-refractivity contribution < 1.29 is 27.6 Å². The molecule has 3 amide bonds. The molecule has 0 fully saturated rings. The number of halogens is 3. The Kier molecular flexibility index (Phi) is 6.05. The number of nitrogens with zero attached hydrogens (tertiary/aromatic N) is 2. The van der Waals surface area contributed by atoms with Crippen LogP contribution in [0.3, 0.4) is 0 Å². The molecule has 2 heterocycles. The quantitative estimate of drug-likeness (QED) is 0.599. The summed E-state index contributed by atoms with van der Waals surface area (Å²) in [7, 11) is 0. The zero-order valence-electron chi connectivity index (χ0n) is 16.5. The monoisotopic (exact) mass is 437 g/mol. The van der Waals surface area contributed by atoms with Crippen LogP contribution in [0, 0.1) is 11.3 Å². The van der Waals surface area contributed by atoms with E-state index < -0.39 is 34.9 Å². The fourth-order valence-corrected chi connectivity index (χ4v) is 3.87. The van der Waals surface area contributed by atoms with Gasteiger partial charge in [-0.15, -0.1) is 0 Å². The number of hydrogen-bond acceptors (Lipinski definition) is 5. The van der Waals surface area contributed by atoms with E-state index in [0.717, 1.165) is 12.1 Å². The molecule has 166 valence electrons. The van der Waals surface area contributed by atoms with Crippen molar-refractivity contribution in [2.24, 2.45) is 27.9 Å². The van der Waals surface area contributed by atoms with Crippen LogP contribution in [0.5, 0.6) is 0 Å². The maximum Gasteiger partial charge on any atom is 0.416 e. The lowest BCUT2D eigenvalue weighted by molar-refractivity contribution is -0.137. The minimum Gasteiger partial charge on any atom is -0.369 e. The molecule has 3 rings (SSSR count). The number of anilines is 1. The molecular weight excluding hydrogens is 415 g/mol. The van der Waals surface area contributed by atoms with Gasteiger partial charge in [-0.05, 0) is 37.5 Å². The molecule has 0 saturated heterocycles. The third kappa shape index (κ3) is 4.86. The largest absolute Gasteiger partial charge is 0.416 e. The minimum atomic E-state index is -4.55. The van der Waals surface area contributed by atoms with Gasteiger partial charge in [0.2, 0.25) is 17.7 Å². The number of benzene rings is 1. The van der Waals surface area contributed by atoms with E-state index in [1.54, 1.807) is 0 Å². The van der Waals surface area contributed by atoms with Crippen molar-refractivity contribution in [3.63, 3.8) is 0 Å². The van der Waals surface area contributed by atoms with Crippen LogP contribution < -0.4 is 21.8 Å². The Hall–Kier alpha value is -3.37. The number of alkyl halides is 3. The molecular formula is C20H22F3N5O3. The second-order valence-electron chi connectivity index (χ2n) is 7.77. The SMILES string of the molecule is NC(=O)C1=CN(c2cccc(C(F)(F)F)c2)CC(CCCC2C=NNC2=O)(C(N)=O)C1. The molecule has 2 unspecified atom stereocenters. The first-order valence-electron chi connectivity index (χ1n) is 9.59. The number of carbonyl (C=O) groups excluding carboxylic acids is 3. The van der Waals surface area contributed by atoms with Crippen molar-refractivity contribution in [1.29, 1.82) is 0 Å². The maximum absolute atomic E-state index is 13.1. The summed E-state index contributed by atoms with van der Waals surface area (Å²) in [6.07, 6.45) is -0.705. The molecule has 0 spiro atoms. The molecule has 1 aromatic carbocycles. The average molecular weight is 437 g/mol. The van der Waals surface area contributed by atoms with Gasteiger partial charge in [-0.25, -0.2) is 5.43 Å². The molecule has 2 atom stereocenters. The molecule has 0 saturated carbocycles. The number of amides is 3. The highest BCUT2D eigenvalue weighted by molar-refractivity contribution is 5.97. The predicted octanol–water partition coefficient (Wildman–Crippen LogP) is 1.66. The molecule has 0 aromatic heterocycles. The second kappa shape index (κ2) is 8.40. The van der Waals surface area contributed by atoms with Crippen LogP contribution in [0.25, 0.3) is 0 Å². The molecule has 5 N–H and O–H groups in total. The maximum atomic E-state index is 13.1. The van der Waals surface area contributed by atoms with Gasteiger partial charge in [-0.3, -0.25) is 14.4 Å². The zero-order valence-corrected chi connectivity index (χ0v) is 16.5. The first-order chi connectivity index (χ1) is 14.5. The predicted molar refractivity (Wildman–Crippen MR) is 106 cm³/mol. The van der Waals surface area contributed by atoms with Crippen molar-refractivity contribution in [3.8, 4) is 0 Å². The van der Waals surface area contributed by atoms with Crippen LogP contribution in [0.1, 0.15) is 31.2 Å². The summed E-state index contributed by atoms with van der Waals surface area (Å²) in [5, 5.41) is 3.69. The molecule has 2 aliphatic rings. The van der Waals surface area contributed by atoms with E-state index in [1.807, 2.05) is 0 Å². The standard InChI is InChI=1S/C20H22F3N5O3/c21-20(22,23)14-4-1-5-15(7-14)28-10-13(16(24)29)8-19(11-28,18(25)31)6-2-3-12-9-26-27-17(12)30/h1,4-5,7,9-10,12H,2-3,6,8,11H2,(H2,24,29)(H2,25,31)(H,27,30). The smallest absolute Gasteiger partial charge is 0.369 e. The number of primary amides is 2. The van der Waals surface area contributed by atoms with Crippen LogP contribution in [0.15, 0.2) is 41.1 Å². The number of hydrogen-bond donors (Lipinski definition) is 3. The summed E-state index contributed by atoms with van der Waals surface area (Å²) in [4.78, 5) is 37.4. The van der Waals surface area contributed by atoms with Gasteiger partial charge in [0.1, 0.15) is 0 Å². The zero-order chi connectivity index (χ0) is 22.8. The van der Waals surface area contributed by atoms with Crippen molar-refractivity contribution in [1.82, 2.24) is 5.43 Å². The Labute approximate surface area is 176 Å². The Bertz CT molecular complexity index is 960. The molecule has 0 bridgehead atoms. The Morgan fingerprint density at radius 2 is 2.03 bits per heavy atom. The van der Waals surface area contributed by atoms with Gasteiger partial charge < -0.3 is 16.4 Å². The fourth-order valence-electron chi connectivity index (χ4n) is 3.87. The second-order valence-corrected chi connectivity index (χ2v) is 7.77. The Morgan fingerprint density at radius 1 is 1.29 bits per heavy atom. The lowest BCUT2D eigenvalue weighted by Gasteiger charge is -2.40. The van der Waals surface area contributed by atoms with E-state index >= 15 is 0 Å². The minimum absolute atomic E-state index is 0.0224. The van der Waals surface area contributed by atoms with E-state index in [9.17, 15) is 27.6 Å². The molecule has 8 nitrogen and oxygen atoms in total. The summed E-state index contributed by atoms with van der Waals surface area (Å²) in [6, 6.07) is 4.56. The number of hydrazone groups is 1. The molecule has 1 aromatic rings. The third-order valence-electron chi connectivity index (χ3n) is 5.59. The van der Waals surface area contributed by atoms with Gasteiger partial charge in [-0.1, -0.05) is 12.5 Å². The number of nitrogens with one attached hydrogen (secondary N) is 1. The van der Waals surface area contributed by atoms with Crippen molar-refractivity contribution in [2.45, 2.75) is 31.9 Å². The van der Waals surface area contributed by atoms with Crippen LogP contribution in [-0.4, -0.2) is 30.5 Å². The van der Waals surface area contributed by atoms with Gasteiger partial charge in [0, 0.05) is 30.2 Å². The van der Waals surface area contributed by atoms with Crippen molar-refractivity contribution in [3.05, 3.63) is 41.6 Å². The summed E-state index contributed by atoms with van der Waals surface area (Å²) in [5.74, 6) is -2.16. The average Bonchev–Trinajstić information content (AvgIpc) is 3.12. The summed E-state index contributed by atoms with van der Waals surface area (Å²) in [5.41, 5.74) is 11.6. The van der Waals surface area contributed by atoms with E-state index in [1.165, 1.54) is 29.4 Å². The van der Waals surface area contributed by atoms with E-state index in [4.69, 9.17) is 11.5 Å². The van der Waals surface area contributed by atoms with Gasteiger partial charge in [0.05, 0.1) is 16.9 Å². The molecule has 2 aliphatic heterocycles. The highest BCUT2D eigenvalue weighted by Gasteiger charge is 2.43. The normalized spacial score (nSPS) is 23.5. The topological polar surface area (TPSA) is 131 Å². The summed E-state index contributed by atoms with van der Waals surface area (Å²) < 4.78 is 39.4. The van der Waals surface area contributed by atoms with Crippen molar-refractivity contribution >= 4 is 29.6 Å². The molecule has 0 aliphatic carbocycles. The van der Waals surface area contributed by atoms with Crippen LogP contribution in [-0.2, 0) is 20.6 Å². The lowest BCUT2D eigenvalue weighted by Crippen LogP contribution is -2.49. The highest BCUT2D eigenvalue weighted by Crippen LogP contribution is 2.40. The third-order valence-corrected chi connectivity index (χ3v) is 5.59.